The van der Waals surface area contributed by atoms with Crippen molar-refractivity contribution in [3.05, 3.63) is 29.8 Å². The Morgan fingerprint density at radius 3 is 2.91 bits per heavy atom. The number of urea groups is 1. The molecule has 1 aromatic rings. The van der Waals surface area contributed by atoms with Crippen LogP contribution in [0.25, 0.3) is 0 Å². The Balaban J connectivity index is 1.74. The van der Waals surface area contributed by atoms with E-state index in [1.807, 2.05) is 17.0 Å². The Morgan fingerprint density at radius 2 is 2.22 bits per heavy atom. The second-order valence-corrected chi connectivity index (χ2v) is 6.36. The molecular weight excluding hydrogens is 292 g/mol. The molecule has 0 radical (unpaired) electrons. The number of anilines is 1. The van der Waals surface area contributed by atoms with Crippen LogP contribution in [0.5, 0.6) is 0 Å². The first-order chi connectivity index (χ1) is 11.1. The number of nitrogens with two attached hydrogens (primary N) is 1. The molecule has 0 bridgehead atoms. The maximum Gasteiger partial charge on any atom is 0.321 e. The summed E-state index contributed by atoms with van der Waals surface area (Å²) in [4.78, 5) is 28.0. The van der Waals surface area contributed by atoms with Gasteiger partial charge in [0, 0.05) is 43.5 Å². The van der Waals surface area contributed by atoms with E-state index in [1.165, 1.54) is 0 Å². The molecule has 2 aliphatic heterocycles. The Kier molecular flexibility index (Phi) is 4.52. The van der Waals surface area contributed by atoms with E-state index >= 15 is 0 Å². The Morgan fingerprint density at radius 1 is 1.39 bits per heavy atom. The van der Waals surface area contributed by atoms with Crippen molar-refractivity contribution in [2.45, 2.75) is 25.8 Å². The van der Waals surface area contributed by atoms with Crippen LogP contribution in [0.4, 0.5) is 10.5 Å². The predicted molar refractivity (Wildman–Crippen MR) is 89.5 cm³/mol. The van der Waals surface area contributed by atoms with E-state index in [9.17, 15) is 9.59 Å². The first-order valence-corrected chi connectivity index (χ1v) is 8.30. The molecule has 2 saturated heterocycles. The fourth-order valence-electron chi connectivity index (χ4n) is 3.45. The Labute approximate surface area is 136 Å². The van der Waals surface area contributed by atoms with Crippen LogP contribution in [0.15, 0.2) is 24.3 Å². The van der Waals surface area contributed by atoms with Crippen LogP contribution in [0.3, 0.4) is 0 Å². The number of amides is 3. The van der Waals surface area contributed by atoms with Gasteiger partial charge in [-0.2, -0.15) is 0 Å². The molecule has 2 fully saturated rings. The maximum atomic E-state index is 12.7. The van der Waals surface area contributed by atoms with Gasteiger partial charge in [0.05, 0.1) is 0 Å². The van der Waals surface area contributed by atoms with Crippen molar-refractivity contribution >= 4 is 17.6 Å². The van der Waals surface area contributed by atoms with Crippen molar-refractivity contribution in [2.24, 2.45) is 11.7 Å². The highest BCUT2D eigenvalue weighted by Crippen LogP contribution is 2.24. The summed E-state index contributed by atoms with van der Waals surface area (Å²) in [6.45, 7) is 4.74. The zero-order valence-electron chi connectivity index (χ0n) is 13.5. The van der Waals surface area contributed by atoms with Crippen LogP contribution >= 0.6 is 0 Å². The number of rotatable bonds is 4. The lowest BCUT2D eigenvalue weighted by Gasteiger charge is -2.19. The van der Waals surface area contributed by atoms with Gasteiger partial charge in [-0.15, -0.1) is 0 Å². The van der Waals surface area contributed by atoms with Crippen molar-refractivity contribution in [2.75, 3.05) is 31.1 Å². The van der Waals surface area contributed by atoms with E-state index < -0.39 is 0 Å². The molecule has 0 unspecified atom stereocenters. The van der Waals surface area contributed by atoms with Crippen LogP contribution in [0.1, 0.15) is 30.1 Å². The van der Waals surface area contributed by atoms with Gasteiger partial charge in [0.2, 0.25) is 0 Å². The summed E-state index contributed by atoms with van der Waals surface area (Å²) in [5.41, 5.74) is 7.54. The summed E-state index contributed by atoms with van der Waals surface area (Å²) in [5.74, 6) is 0.386. The summed E-state index contributed by atoms with van der Waals surface area (Å²) in [6, 6.07) is 7.24. The number of carbonyl (C=O) groups is 2. The number of carbonyl (C=O) groups excluding carboxylic acids is 2. The molecule has 2 heterocycles. The highest BCUT2D eigenvalue weighted by Gasteiger charge is 2.33. The van der Waals surface area contributed by atoms with Crippen molar-refractivity contribution in [3.63, 3.8) is 0 Å². The SMILES string of the molecule is CCC[C@@H]1CN(C(=O)c2cccc(N3CCNC3=O)c2)C[C@H]1N. The van der Waals surface area contributed by atoms with Crippen LogP contribution in [0, 0.1) is 5.92 Å². The molecule has 6 nitrogen and oxygen atoms in total. The molecule has 3 amide bonds. The normalized spacial score (nSPS) is 24.2. The zero-order valence-corrected chi connectivity index (χ0v) is 13.5. The minimum atomic E-state index is -0.110. The van der Waals surface area contributed by atoms with Gasteiger partial charge < -0.3 is 16.0 Å². The van der Waals surface area contributed by atoms with Crippen LogP contribution in [0.2, 0.25) is 0 Å². The third kappa shape index (κ3) is 3.17. The van der Waals surface area contributed by atoms with Gasteiger partial charge in [-0.3, -0.25) is 9.69 Å². The smallest absolute Gasteiger partial charge is 0.321 e. The molecule has 124 valence electrons. The average Bonchev–Trinajstić information content (AvgIpc) is 3.14. The topological polar surface area (TPSA) is 78.7 Å². The molecule has 0 spiro atoms. The zero-order chi connectivity index (χ0) is 16.4. The first kappa shape index (κ1) is 15.8. The first-order valence-electron chi connectivity index (χ1n) is 8.30. The maximum absolute atomic E-state index is 12.7. The molecule has 3 rings (SSSR count). The highest BCUT2D eigenvalue weighted by atomic mass is 16.2. The van der Waals surface area contributed by atoms with Gasteiger partial charge in [-0.1, -0.05) is 19.4 Å². The molecule has 0 aliphatic carbocycles. The third-order valence-electron chi connectivity index (χ3n) is 4.70. The molecule has 2 aliphatic rings. The van der Waals surface area contributed by atoms with Crippen molar-refractivity contribution < 1.29 is 9.59 Å². The number of nitrogens with zero attached hydrogens (tertiary/aromatic N) is 2. The third-order valence-corrected chi connectivity index (χ3v) is 4.70. The van der Waals surface area contributed by atoms with E-state index in [0.717, 1.165) is 25.1 Å². The van der Waals surface area contributed by atoms with Crippen LogP contribution in [-0.4, -0.2) is 49.1 Å². The van der Waals surface area contributed by atoms with E-state index in [0.29, 0.717) is 31.1 Å². The monoisotopic (exact) mass is 316 g/mol. The lowest BCUT2D eigenvalue weighted by molar-refractivity contribution is 0.0785. The van der Waals surface area contributed by atoms with Gasteiger partial charge in [0.1, 0.15) is 0 Å². The predicted octanol–water partition coefficient (Wildman–Crippen LogP) is 1.42. The van der Waals surface area contributed by atoms with Gasteiger partial charge in [-0.05, 0) is 30.5 Å². The number of hydrogen-bond acceptors (Lipinski definition) is 3. The molecule has 23 heavy (non-hydrogen) atoms. The Bertz CT molecular complexity index is 604. The van der Waals surface area contributed by atoms with Crippen molar-refractivity contribution in [1.29, 1.82) is 0 Å². The highest BCUT2D eigenvalue weighted by molar-refractivity contribution is 5.98. The standard InChI is InChI=1S/C17H24N4O2/c1-2-4-13-10-20(11-15(13)18)16(22)12-5-3-6-14(9-12)21-8-7-19-17(21)23/h3,5-6,9,13,15H,2,4,7-8,10-11,18H2,1H3,(H,19,23)/t13-,15-/m1/s1. The largest absolute Gasteiger partial charge is 0.337 e. The van der Waals surface area contributed by atoms with E-state index in [2.05, 4.69) is 12.2 Å². The quantitative estimate of drug-likeness (QED) is 0.881. The second-order valence-electron chi connectivity index (χ2n) is 6.36. The molecule has 0 aromatic heterocycles. The molecule has 6 heteroatoms. The summed E-state index contributed by atoms with van der Waals surface area (Å²) in [6.07, 6.45) is 2.14. The number of nitrogens with one attached hydrogen (secondary N) is 1. The molecule has 0 saturated carbocycles. The number of benzene rings is 1. The number of likely N-dealkylation sites (tertiary alicyclic amines) is 1. The molecular formula is C17H24N4O2. The average molecular weight is 316 g/mol. The molecule has 1 aromatic carbocycles. The molecule has 3 N–H and O–H groups in total. The minimum absolute atomic E-state index is 0.000471. The van der Waals surface area contributed by atoms with Gasteiger partial charge in [-0.25, -0.2) is 4.79 Å². The summed E-state index contributed by atoms with van der Waals surface area (Å²) in [5, 5.41) is 2.77. The lowest BCUT2D eigenvalue weighted by atomic mass is 9.99. The fraction of sp³-hybridized carbons (Fsp3) is 0.529. The van der Waals surface area contributed by atoms with Crippen LogP contribution < -0.4 is 16.0 Å². The minimum Gasteiger partial charge on any atom is -0.337 e. The summed E-state index contributed by atoms with van der Waals surface area (Å²) >= 11 is 0. The van der Waals surface area contributed by atoms with Gasteiger partial charge in [0.25, 0.3) is 5.91 Å². The lowest BCUT2D eigenvalue weighted by Crippen LogP contribution is -2.32. The van der Waals surface area contributed by atoms with Gasteiger partial charge >= 0.3 is 6.03 Å². The van der Waals surface area contributed by atoms with Crippen molar-refractivity contribution in [1.82, 2.24) is 10.2 Å². The van der Waals surface area contributed by atoms with E-state index in [4.69, 9.17) is 5.73 Å². The van der Waals surface area contributed by atoms with Crippen molar-refractivity contribution in [3.8, 4) is 0 Å². The fourth-order valence-corrected chi connectivity index (χ4v) is 3.45. The summed E-state index contributed by atoms with van der Waals surface area (Å²) in [7, 11) is 0. The van der Waals surface area contributed by atoms with Crippen LogP contribution in [-0.2, 0) is 0 Å². The Hall–Kier alpha value is -2.08. The van der Waals surface area contributed by atoms with E-state index in [1.54, 1.807) is 17.0 Å². The number of hydrogen-bond donors (Lipinski definition) is 2. The second kappa shape index (κ2) is 6.58. The summed E-state index contributed by atoms with van der Waals surface area (Å²) < 4.78 is 0. The van der Waals surface area contributed by atoms with E-state index in [-0.39, 0.29) is 18.0 Å². The molecule has 2 atom stereocenters. The van der Waals surface area contributed by atoms with Gasteiger partial charge in [0.15, 0.2) is 0 Å².